The molecule has 0 N–H and O–H groups in total. The van der Waals surface area contributed by atoms with Gasteiger partial charge in [-0.3, -0.25) is 4.79 Å². The largest absolute Gasteiger partial charge is 0.497 e. The Balaban J connectivity index is 1.57. The summed E-state index contributed by atoms with van der Waals surface area (Å²) in [6, 6.07) is 4.90. The van der Waals surface area contributed by atoms with Gasteiger partial charge in [-0.25, -0.2) is 4.39 Å². The summed E-state index contributed by atoms with van der Waals surface area (Å²) in [6.45, 7) is 8.44. The zero-order valence-corrected chi connectivity index (χ0v) is 17.3. The molecule has 1 saturated heterocycles. The minimum Gasteiger partial charge on any atom is -0.399 e. The number of aryl methyl sites for hydroxylation is 1. The van der Waals surface area contributed by atoms with Crippen molar-refractivity contribution in [2.75, 3.05) is 0 Å². The molecule has 0 radical (unpaired) electrons. The molecule has 28 heavy (non-hydrogen) atoms. The van der Waals surface area contributed by atoms with Gasteiger partial charge in [-0.1, -0.05) is 31.7 Å². The van der Waals surface area contributed by atoms with Crippen molar-refractivity contribution < 1.29 is 13.7 Å². The van der Waals surface area contributed by atoms with Gasteiger partial charge in [0.15, 0.2) is 0 Å². The molecular formula is C22H29BFNO3. The van der Waals surface area contributed by atoms with Gasteiger partial charge >= 0.3 is 7.12 Å². The van der Waals surface area contributed by atoms with Crippen molar-refractivity contribution in [3.05, 3.63) is 40.6 Å². The first-order valence-electron chi connectivity index (χ1n) is 10.4. The number of hydrogen-bond donors (Lipinski definition) is 0. The van der Waals surface area contributed by atoms with Crippen LogP contribution in [0.1, 0.15) is 59.8 Å². The number of fused-ring (bicyclic) bond motifs is 1. The van der Waals surface area contributed by atoms with Gasteiger partial charge in [0.2, 0.25) is 0 Å². The molecule has 1 aromatic carbocycles. The molecule has 1 aliphatic carbocycles. The van der Waals surface area contributed by atoms with Crippen LogP contribution >= 0.6 is 0 Å². The zero-order valence-electron chi connectivity index (χ0n) is 17.3. The molecule has 150 valence electrons. The minimum absolute atomic E-state index is 0.136. The van der Waals surface area contributed by atoms with Gasteiger partial charge in [-0.05, 0) is 57.6 Å². The molecule has 2 heterocycles. The Morgan fingerprint density at radius 3 is 2.46 bits per heavy atom. The third kappa shape index (κ3) is 3.64. The fourth-order valence-electron chi connectivity index (χ4n) is 3.77. The number of rotatable bonds is 6. The van der Waals surface area contributed by atoms with Crippen molar-refractivity contribution in [3.63, 3.8) is 0 Å². The summed E-state index contributed by atoms with van der Waals surface area (Å²) in [5.74, 6) is 0.449. The van der Waals surface area contributed by atoms with Gasteiger partial charge in [0.25, 0.3) is 5.56 Å². The number of halogens is 1. The lowest BCUT2D eigenvalue weighted by atomic mass is 9.78. The molecule has 0 amide bonds. The van der Waals surface area contributed by atoms with Crippen LogP contribution in [0.5, 0.6) is 0 Å². The van der Waals surface area contributed by atoms with Crippen LogP contribution in [0, 0.1) is 11.7 Å². The van der Waals surface area contributed by atoms with E-state index in [4.69, 9.17) is 9.31 Å². The third-order valence-electron chi connectivity index (χ3n) is 6.56. The van der Waals surface area contributed by atoms with Crippen LogP contribution in [0.25, 0.3) is 10.8 Å². The van der Waals surface area contributed by atoms with E-state index in [2.05, 4.69) is 0 Å². The summed E-state index contributed by atoms with van der Waals surface area (Å²) in [6.07, 6.45) is 7.92. The molecule has 0 atom stereocenters. The van der Waals surface area contributed by atoms with Gasteiger partial charge in [0.1, 0.15) is 5.82 Å². The van der Waals surface area contributed by atoms with Gasteiger partial charge < -0.3 is 13.9 Å². The highest BCUT2D eigenvalue weighted by Gasteiger charge is 2.52. The molecule has 4 nitrogen and oxygen atoms in total. The first-order valence-corrected chi connectivity index (χ1v) is 10.4. The van der Waals surface area contributed by atoms with Crippen LogP contribution in [0.4, 0.5) is 4.39 Å². The van der Waals surface area contributed by atoms with E-state index in [1.807, 2.05) is 40.0 Å². The molecule has 0 bridgehead atoms. The Morgan fingerprint density at radius 2 is 1.82 bits per heavy atom. The molecule has 1 aliphatic heterocycles. The highest BCUT2D eigenvalue weighted by Crippen LogP contribution is 2.37. The van der Waals surface area contributed by atoms with Crippen LogP contribution in [0.3, 0.4) is 0 Å². The van der Waals surface area contributed by atoms with Crippen LogP contribution in [-0.2, 0) is 15.9 Å². The summed E-state index contributed by atoms with van der Waals surface area (Å²) in [5.41, 5.74) is -0.873. The van der Waals surface area contributed by atoms with Crippen LogP contribution < -0.4 is 11.0 Å². The molecule has 2 aromatic rings. The quantitative estimate of drug-likeness (QED) is 0.557. The summed E-state index contributed by atoms with van der Waals surface area (Å²) >= 11 is 0. The van der Waals surface area contributed by atoms with E-state index in [9.17, 15) is 9.18 Å². The average Bonchev–Trinajstić information content (AvgIpc) is 3.40. The Hall–Kier alpha value is -1.66. The maximum Gasteiger partial charge on any atom is 0.497 e. The number of hydrogen-bond acceptors (Lipinski definition) is 3. The molecule has 2 fully saturated rings. The molecular weight excluding hydrogens is 356 g/mol. The summed E-state index contributed by atoms with van der Waals surface area (Å²) in [4.78, 5) is 12.8. The average molecular weight is 385 g/mol. The molecule has 0 spiro atoms. The Morgan fingerprint density at radius 1 is 1.14 bits per heavy atom. The molecule has 6 heteroatoms. The zero-order chi connectivity index (χ0) is 20.1. The highest BCUT2D eigenvalue weighted by atomic mass is 19.1. The van der Waals surface area contributed by atoms with Crippen molar-refractivity contribution in [2.24, 2.45) is 5.92 Å². The second-order valence-electron chi connectivity index (χ2n) is 9.30. The first kappa shape index (κ1) is 19.7. The molecule has 2 aliphatic rings. The Labute approximate surface area is 166 Å². The van der Waals surface area contributed by atoms with E-state index >= 15 is 0 Å². The Kier molecular flexibility index (Phi) is 4.91. The topological polar surface area (TPSA) is 40.5 Å². The highest BCUT2D eigenvalue weighted by molar-refractivity contribution is 6.62. The van der Waals surface area contributed by atoms with Crippen molar-refractivity contribution in [1.29, 1.82) is 0 Å². The Bertz CT molecular complexity index is 933. The first-order chi connectivity index (χ1) is 13.2. The van der Waals surface area contributed by atoms with E-state index in [0.717, 1.165) is 18.8 Å². The maximum absolute atomic E-state index is 14.9. The van der Waals surface area contributed by atoms with Crippen molar-refractivity contribution >= 4 is 23.4 Å². The van der Waals surface area contributed by atoms with Crippen LogP contribution in [0.2, 0.25) is 0 Å². The van der Waals surface area contributed by atoms with E-state index < -0.39 is 24.1 Å². The second-order valence-corrected chi connectivity index (χ2v) is 9.30. The van der Waals surface area contributed by atoms with Crippen molar-refractivity contribution in [1.82, 2.24) is 4.57 Å². The number of nitrogens with zero attached hydrogens (tertiary/aromatic N) is 1. The molecule has 1 aromatic heterocycles. The molecule has 4 rings (SSSR count). The summed E-state index contributed by atoms with van der Waals surface area (Å²) in [5, 5.41) is 1.12. The molecule has 0 unspecified atom stereocenters. The minimum atomic E-state index is -0.778. The standard InChI is InChI=1S/C22H29BFNO3/c1-21(2)22(3,4)28-23(27-21)18-13-16-10-12-25(11-6-5-7-15-8-9-15)20(26)17(16)14-19(18)24/h10,12-15H,5-9,11H2,1-4H3. The van der Waals surface area contributed by atoms with Gasteiger partial charge in [-0.15, -0.1) is 0 Å². The van der Waals surface area contributed by atoms with E-state index in [-0.39, 0.29) is 5.56 Å². The predicted molar refractivity (Wildman–Crippen MR) is 110 cm³/mol. The maximum atomic E-state index is 14.9. The number of aromatic nitrogens is 1. The van der Waals surface area contributed by atoms with Gasteiger partial charge in [0.05, 0.1) is 16.6 Å². The van der Waals surface area contributed by atoms with Crippen molar-refractivity contribution in [3.8, 4) is 0 Å². The van der Waals surface area contributed by atoms with Gasteiger partial charge in [-0.2, -0.15) is 0 Å². The summed E-state index contributed by atoms with van der Waals surface area (Å²) in [7, 11) is -0.778. The SMILES string of the molecule is CC1(C)OB(c2cc3ccn(CCCCC4CC4)c(=O)c3cc2F)OC1(C)C. The lowest BCUT2D eigenvalue weighted by molar-refractivity contribution is 0.00578. The number of benzene rings is 1. The number of unbranched alkanes of at least 4 members (excludes halogenated alkanes) is 1. The summed E-state index contributed by atoms with van der Waals surface area (Å²) < 4.78 is 28.5. The van der Waals surface area contributed by atoms with E-state index in [1.165, 1.54) is 25.3 Å². The van der Waals surface area contributed by atoms with E-state index in [1.54, 1.807) is 10.6 Å². The van der Waals surface area contributed by atoms with Crippen LogP contribution in [-0.4, -0.2) is 22.9 Å². The lowest BCUT2D eigenvalue weighted by Crippen LogP contribution is -2.41. The van der Waals surface area contributed by atoms with Gasteiger partial charge in [0, 0.05) is 18.2 Å². The van der Waals surface area contributed by atoms with E-state index in [0.29, 0.717) is 22.8 Å². The fraction of sp³-hybridized carbons (Fsp3) is 0.591. The van der Waals surface area contributed by atoms with Crippen molar-refractivity contribution in [2.45, 2.75) is 77.5 Å². The number of pyridine rings is 1. The predicted octanol–water partition coefficient (Wildman–Crippen LogP) is 4.02. The third-order valence-corrected chi connectivity index (χ3v) is 6.56. The normalized spacial score (nSPS) is 20.8. The smallest absolute Gasteiger partial charge is 0.399 e. The lowest BCUT2D eigenvalue weighted by Gasteiger charge is -2.32. The van der Waals surface area contributed by atoms with Crippen LogP contribution in [0.15, 0.2) is 29.2 Å². The monoisotopic (exact) mass is 385 g/mol. The second kappa shape index (κ2) is 6.99. The molecule has 1 saturated carbocycles. The fourth-order valence-corrected chi connectivity index (χ4v) is 3.77.